The number of fused-ring (bicyclic) bond motifs is 1. The Bertz CT molecular complexity index is 486. The second-order valence-corrected chi connectivity index (χ2v) is 2.64. The van der Waals surface area contributed by atoms with Crippen LogP contribution in [0.2, 0.25) is 0 Å². The molecule has 1 aromatic carbocycles. The molecule has 2 aromatic rings. The zero-order valence-corrected chi connectivity index (χ0v) is 7.97. The van der Waals surface area contributed by atoms with Gasteiger partial charge in [0.05, 0.1) is 11.1 Å². The molecule has 1 heterocycles. The molecule has 0 saturated carbocycles. The van der Waals surface area contributed by atoms with Gasteiger partial charge in [0, 0.05) is 17.6 Å². The van der Waals surface area contributed by atoms with Gasteiger partial charge in [0.15, 0.2) is 0 Å². The van der Waals surface area contributed by atoms with Crippen LogP contribution in [-0.2, 0) is 0 Å². The number of hydrogen-bond acceptors (Lipinski definition) is 3. The van der Waals surface area contributed by atoms with Crippen molar-refractivity contribution >= 4 is 23.3 Å². The van der Waals surface area contributed by atoms with Gasteiger partial charge in [-0.1, -0.05) is 0 Å². The first kappa shape index (κ1) is 10.4. The fourth-order valence-electron chi connectivity index (χ4n) is 1.27. The van der Waals surface area contributed by atoms with Crippen molar-refractivity contribution in [3.05, 3.63) is 30.0 Å². The quantitative estimate of drug-likeness (QED) is 0.703. The average molecular weight is 210 g/mol. The Labute approximate surface area is 86.6 Å². The van der Waals surface area contributed by atoms with Gasteiger partial charge in [0.1, 0.15) is 11.8 Å². The first-order valence-corrected chi connectivity index (χ1v) is 3.73. The molecule has 3 N–H and O–H groups in total. The number of aromatic amines is 1. The maximum absolute atomic E-state index is 8.73. The molecule has 0 unspecified atom stereocenters. The van der Waals surface area contributed by atoms with Gasteiger partial charge in [-0.3, -0.25) is 0 Å². The molecule has 5 heteroatoms. The molecule has 2 rings (SSSR count). The Hall–Kier alpha value is -1.70. The number of nitrogens with two attached hydrogens (primary N) is 1. The predicted octanol–water partition coefficient (Wildman–Crippen LogP) is 1.71. The van der Waals surface area contributed by atoms with E-state index in [1.807, 2.05) is 0 Å². The van der Waals surface area contributed by atoms with Gasteiger partial charge in [-0.2, -0.15) is 11.2 Å². The normalized spacial score (nSPS) is 9.14. The van der Waals surface area contributed by atoms with Crippen LogP contribution >= 0.6 is 12.4 Å². The summed E-state index contributed by atoms with van der Waals surface area (Å²) in [6.45, 7) is 0. The van der Waals surface area contributed by atoms with Crippen LogP contribution in [0.5, 0.6) is 5.75 Å². The molecular formula is C9H8ClN3O. The average Bonchev–Trinajstić information content (AvgIpc) is 2.59. The minimum atomic E-state index is 0. The molecule has 1 aromatic heterocycles. The molecule has 0 aliphatic rings. The van der Waals surface area contributed by atoms with E-state index in [4.69, 9.17) is 11.2 Å². The summed E-state index contributed by atoms with van der Waals surface area (Å²) >= 11 is 0. The minimum Gasteiger partial charge on any atom is -0.411 e. The largest absolute Gasteiger partial charge is 0.411 e. The minimum absolute atomic E-state index is 0. The first-order valence-electron chi connectivity index (χ1n) is 3.73. The van der Waals surface area contributed by atoms with E-state index in [2.05, 4.69) is 15.9 Å². The van der Waals surface area contributed by atoms with Gasteiger partial charge < -0.3 is 9.82 Å². The van der Waals surface area contributed by atoms with E-state index >= 15 is 0 Å². The van der Waals surface area contributed by atoms with Crippen molar-refractivity contribution in [1.82, 2.24) is 4.98 Å². The van der Waals surface area contributed by atoms with Crippen LogP contribution in [0.4, 0.5) is 0 Å². The second kappa shape index (κ2) is 4.01. The van der Waals surface area contributed by atoms with Gasteiger partial charge in [0.25, 0.3) is 0 Å². The zero-order valence-electron chi connectivity index (χ0n) is 7.15. The van der Waals surface area contributed by atoms with Gasteiger partial charge in [0.2, 0.25) is 0 Å². The van der Waals surface area contributed by atoms with E-state index < -0.39 is 0 Å². The molecule has 0 aliphatic carbocycles. The molecule has 0 aliphatic heterocycles. The lowest BCUT2D eigenvalue weighted by molar-refractivity contribution is 0.335. The van der Waals surface area contributed by atoms with Crippen molar-refractivity contribution in [2.24, 2.45) is 5.90 Å². The molecule has 0 fully saturated rings. The van der Waals surface area contributed by atoms with Crippen LogP contribution in [0.1, 0.15) is 5.56 Å². The number of H-pyrrole nitrogens is 1. The van der Waals surface area contributed by atoms with Crippen LogP contribution in [0.15, 0.2) is 24.4 Å². The summed E-state index contributed by atoms with van der Waals surface area (Å²) in [6, 6.07) is 7.35. The third-order valence-electron chi connectivity index (χ3n) is 1.91. The third-order valence-corrected chi connectivity index (χ3v) is 1.91. The topological polar surface area (TPSA) is 74.8 Å². The van der Waals surface area contributed by atoms with Crippen molar-refractivity contribution in [3.63, 3.8) is 0 Å². The number of nitriles is 1. The summed E-state index contributed by atoms with van der Waals surface area (Å²) < 4.78 is 0. The predicted molar refractivity (Wildman–Crippen MR) is 55.1 cm³/mol. The van der Waals surface area contributed by atoms with Crippen LogP contribution in [-0.4, -0.2) is 4.98 Å². The summed E-state index contributed by atoms with van der Waals surface area (Å²) in [5.74, 6) is 5.57. The molecule has 0 bridgehead atoms. The number of nitrogens with one attached hydrogen (secondary N) is 1. The Morgan fingerprint density at radius 1 is 1.43 bits per heavy atom. The third kappa shape index (κ3) is 1.51. The van der Waals surface area contributed by atoms with E-state index in [1.54, 1.807) is 24.4 Å². The maximum atomic E-state index is 8.73. The number of benzene rings is 1. The van der Waals surface area contributed by atoms with Crippen LogP contribution in [0, 0.1) is 11.3 Å². The summed E-state index contributed by atoms with van der Waals surface area (Å²) in [7, 11) is 0. The van der Waals surface area contributed by atoms with Crippen molar-refractivity contribution < 1.29 is 4.84 Å². The Morgan fingerprint density at radius 3 is 2.86 bits per heavy atom. The lowest BCUT2D eigenvalue weighted by Gasteiger charge is -1.96. The molecule has 0 atom stereocenters. The SMILES string of the molecule is Cl.N#Cc1c[nH]c2cc(ON)ccc12. The van der Waals surface area contributed by atoms with E-state index in [1.165, 1.54) is 0 Å². The summed E-state index contributed by atoms with van der Waals surface area (Å²) in [5.41, 5.74) is 1.47. The number of rotatable bonds is 1. The Morgan fingerprint density at radius 2 is 2.21 bits per heavy atom. The smallest absolute Gasteiger partial charge is 0.148 e. The van der Waals surface area contributed by atoms with Gasteiger partial charge >= 0.3 is 0 Å². The number of hydrogen-bond donors (Lipinski definition) is 2. The van der Waals surface area contributed by atoms with E-state index in [-0.39, 0.29) is 12.4 Å². The fraction of sp³-hybridized carbons (Fsp3) is 0. The Balaban J connectivity index is 0.000000980. The molecular weight excluding hydrogens is 202 g/mol. The highest BCUT2D eigenvalue weighted by atomic mass is 35.5. The molecule has 72 valence electrons. The lowest BCUT2D eigenvalue weighted by Crippen LogP contribution is -2.01. The van der Waals surface area contributed by atoms with Crippen molar-refractivity contribution in [2.45, 2.75) is 0 Å². The highest BCUT2D eigenvalue weighted by molar-refractivity contribution is 5.86. The highest BCUT2D eigenvalue weighted by Gasteiger charge is 2.03. The monoisotopic (exact) mass is 209 g/mol. The number of aromatic nitrogens is 1. The molecule has 0 radical (unpaired) electrons. The number of nitrogens with zero attached hydrogens (tertiary/aromatic N) is 1. The van der Waals surface area contributed by atoms with Gasteiger partial charge in [-0.25, -0.2) is 0 Å². The first-order chi connectivity index (χ1) is 6.35. The van der Waals surface area contributed by atoms with E-state index in [0.717, 1.165) is 10.9 Å². The van der Waals surface area contributed by atoms with Crippen molar-refractivity contribution in [1.29, 1.82) is 5.26 Å². The van der Waals surface area contributed by atoms with E-state index in [0.29, 0.717) is 11.3 Å². The fourth-order valence-corrected chi connectivity index (χ4v) is 1.27. The van der Waals surface area contributed by atoms with Crippen LogP contribution in [0.3, 0.4) is 0 Å². The second-order valence-electron chi connectivity index (χ2n) is 2.64. The standard InChI is InChI=1S/C9H7N3O.ClH/c10-4-6-5-12-9-3-7(13-11)1-2-8(6)9;/h1-3,5,12H,11H2;1H. The van der Waals surface area contributed by atoms with Gasteiger partial charge in [-0.05, 0) is 12.1 Å². The van der Waals surface area contributed by atoms with Crippen LogP contribution < -0.4 is 10.7 Å². The van der Waals surface area contributed by atoms with E-state index in [9.17, 15) is 0 Å². The number of halogens is 1. The summed E-state index contributed by atoms with van der Waals surface area (Å²) in [6.07, 6.45) is 1.66. The molecule has 0 spiro atoms. The maximum Gasteiger partial charge on any atom is 0.148 e. The zero-order chi connectivity index (χ0) is 9.26. The van der Waals surface area contributed by atoms with Crippen molar-refractivity contribution in [2.75, 3.05) is 0 Å². The molecule has 4 nitrogen and oxygen atoms in total. The van der Waals surface area contributed by atoms with Crippen LogP contribution in [0.25, 0.3) is 10.9 Å². The van der Waals surface area contributed by atoms with Crippen molar-refractivity contribution in [3.8, 4) is 11.8 Å². The van der Waals surface area contributed by atoms with Gasteiger partial charge in [-0.15, -0.1) is 12.4 Å². The molecule has 0 amide bonds. The summed E-state index contributed by atoms with van der Waals surface area (Å²) in [5, 5.41) is 9.60. The molecule has 0 saturated heterocycles. The Kier molecular flexibility index (Phi) is 2.97. The molecule has 14 heavy (non-hydrogen) atoms. The lowest BCUT2D eigenvalue weighted by atomic mass is 10.2. The highest BCUT2D eigenvalue weighted by Crippen LogP contribution is 2.21. The summed E-state index contributed by atoms with van der Waals surface area (Å²) in [4.78, 5) is 7.52.